The Balaban J connectivity index is 2.99. The van der Waals surface area contributed by atoms with Gasteiger partial charge in [-0.15, -0.1) is 0 Å². The Kier molecular flexibility index (Phi) is 2.13. The molecule has 0 heterocycles. The lowest BCUT2D eigenvalue weighted by molar-refractivity contribution is 0.322. The zero-order valence-corrected chi connectivity index (χ0v) is 4.60. The first-order valence-corrected chi connectivity index (χ1v) is 2.06. The first kappa shape index (κ1) is 5.92. The number of hydrogen-bond donors (Lipinski definition) is 1. The molecule has 1 atom stereocenters. The van der Waals surface area contributed by atoms with Gasteiger partial charge in [0.15, 0.2) is 0 Å². The Morgan fingerprint density at radius 3 is 1.67 bits per heavy atom. The number of nitrogens with zero attached hydrogens (tertiary/aromatic N) is 1. The SMILES string of the molecule is CC(N)N(C)C. The van der Waals surface area contributed by atoms with Gasteiger partial charge < -0.3 is 5.73 Å². The topological polar surface area (TPSA) is 29.3 Å². The molecule has 0 spiro atoms. The molecule has 2 N–H and O–H groups in total. The molecule has 0 aliphatic rings. The Labute approximate surface area is 38.9 Å². The molecule has 0 radical (unpaired) electrons. The first-order chi connectivity index (χ1) is 2.64. The molecule has 2 nitrogen and oxygen atoms in total. The second-order valence-corrected chi connectivity index (χ2v) is 1.70. The van der Waals surface area contributed by atoms with Crippen LogP contribution in [0.3, 0.4) is 0 Å². The monoisotopic (exact) mass is 88.1 g/mol. The Bertz CT molecular complexity index is 26.5. The van der Waals surface area contributed by atoms with Crippen molar-refractivity contribution < 1.29 is 0 Å². The molecule has 0 aliphatic heterocycles. The summed E-state index contributed by atoms with van der Waals surface area (Å²) in [6.07, 6.45) is 0.185. The fourth-order valence-electron chi connectivity index (χ4n) is 0. The van der Waals surface area contributed by atoms with Crippen LogP contribution in [-0.4, -0.2) is 25.2 Å². The Morgan fingerprint density at radius 1 is 1.50 bits per heavy atom. The predicted octanol–water partition coefficient (Wildman–Crippen LogP) is -0.147. The molecule has 0 bridgehead atoms. The summed E-state index contributed by atoms with van der Waals surface area (Å²) in [5.41, 5.74) is 5.36. The number of rotatable bonds is 1. The largest absolute Gasteiger partial charge is 0.316 e. The van der Waals surface area contributed by atoms with E-state index in [0.717, 1.165) is 0 Å². The van der Waals surface area contributed by atoms with Crippen LogP contribution in [0.5, 0.6) is 0 Å². The molecule has 0 fully saturated rings. The third kappa shape index (κ3) is 2.18. The fraction of sp³-hybridized carbons (Fsp3) is 1.00. The van der Waals surface area contributed by atoms with Crippen LogP contribution in [-0.2, 0) is 0 Å². The Morgan fingerprint density at radius 2 is 1.67 bits per heavy atom. The van der Waals surface area contributed by atoms with Crippen LogP contribution < -0.4 is 5.73 Å². The highest BCUT2D eigenvalue weighted by atomic mass is 15.2. The summed E-state index contributed by atoms with van der Waals surface area (Å²) in [4.78, 5) is 1.94. The third-order valence-corrected chi connectivity index (χ3v) is 0.815. The molecule has 0 amide bonds. The van der Waals surface area contributed by atoms with Crippen LogP contribution in [0.15, 0.2) is 0 Å². The van der Waals surface area contributed by atoms with Crippen LogP contribution in [0.2, 0.25) is 0 Å². The molecular weight excluding hydrogens is 76.1 g/mol. The van der Waals surface area contributed by atoms with Crippen molar-refractivity contribution in [2.75, 3.05) is 14.1 Å². The van der Waals surface area contributed by atoms with Gasteiger partial charge in [-0.3, -0.25) is 4.90 Å². The highest BCUT2D eigenvalue weighted by molar-refractivity contribution is 4.43. The molecule has 0 aromatic heterocycles. The fourth-order valence-corrected chi connectivity index (χ4v) is 0. The minimum absolute atomic E-state index is 0.185. The van der Waals surface area contributed by atoms with E-state index in [1.807, 2.05) is 25.9 Å². The highest BCUT2D eigenvalue weighted by Gasteiger charge is 1.90. The van der Waals surface area contributed by atoms with Crippen molar-refractivity contribution in [3.63, 3.8) is 0 Å². The lowest BCUT2D eigenvalue weighted by atomic mass is 10.6. The lowest BCUT2D eigenvalue weighted by Gasteiger charge is -2.12. The van der Waals surface area contributed by atoms with Crippen molar-refractivity contribution in [1.29, 1.82) is 0 Å². The summed E-state index contributed by atoms with van der Waals surface area (Å²) in [6.45, 7) is 1.94. The van der Waals surface area contributed by atoms with E-state index in [4.69, 9.17) is 5.73 Å². The average molecular weight is 88.2 g/mol. The van der Waals surface area contributed by atoms with Crippen LogP contribution in [0.25, 0.3) is 0 Å². The van der Waals surface area contributed by atoms with Crippen LogP contribution in [0.4, 0.5) is 0 Å². The zero-order chi connectivity index (χ0) is 5.15. The predicted molar refractivity (Wildman–Crippen MR) is 27.3 cm³/mol. The van der Waals surface area contributed by atoms with Gasteiger partial charge in [-0.05, 0) is 21.0 Å². The van der Waals surface area contributed by atoms with Crippen LogP contribution >= 0.6 is 0 Å². The summed E-state index contributed by atoms with van der Waals surface area (Å²) in [7, 11) is 3.90. The minimum Gasteiger partial charge on any atom is -0.316 e. The highest BCUT2D eigenvalue weighted by Crippen LogP contribution is 1.75. The van der Waals surface area contributed by atoms with E-state index in [2.05, 4.69) is 0 Å². The molecule has 0 saturated carbocycles. The summed E-state index contributed by atoms with van der Waals surface area (Å²) in [5.74, 6) is 0. The van der Waals surface area contributed by atoms with Gasteiger partial charge in [0.05, 0.1) is 6.17 Å². The van der Waals surface area contributed by atoms with E-state index in [1.165, 1.54) is 0 Å². The molecule has 2 heteroatoms. The third-order valence-electron chi connectivity index (χ3n) is 0.815. The number of hydrogen-bond acceptors (Lipinski definition) is 2. The van der Waals surface area contributed by atoms with Crippen molar-refractivity contribution in [3.8, 4) is 0 Å². The van der Waals surface area contributed by atoms with E-state index in [1.54, 1.807) is 0 Å². The van der Waals surface area contributed by atoms with Crippen molar-refractivity contribution in [2.24, 2.45) is 5.73 Å². The molecule has 0 saturated heterocycles. The van der Waals surface area contributed by atoms with Gasteiger partial charge in [-0.1, -0.05) is 0 Å². The Hall–Kier alpha value is -0.0800. The number of nitrogens with two attached hydrogens (primary N) is 1. The van der Waals surface area contributed by atoms with Gasteiger partial charge in [0.2, 0.25) is 0 Å². The van der Waals surface area contributed by atoms with Gasteiger partial charge in [0, 0.05) is 0 Å². The maximum atomic E-state index is 5.36. The molecule has 0 aromatic carbocycles. The second-order valence-electron chi connectivity index (χ2n) is 1.70. The van der Waals surface area contributed by atoms with Gasteiger partial charge >= 0.3 is 0 Å². The van der Waals surface area contributed by atoms with E-state index < -0.39 is 0 Å². The van der Waals surface area contributed by atoms with Crippen LogP contribution in [0.1, 0.15) is 6.92 Å². The van der Waals surface area contributed by atoms with Gasteiger partial charge in [-0.25, -0.2) is 0 Å². The van der Waals surface area contributed by atoms with E-state index in [9.17, 15) is 0 Å². The zero-order valence-electron chi connectivity index (χ0n) is 4.60. The van der Waals surface area contributed by atoms with Gasteiger partial charge in [-0.2, -0.15) is 0 Å². The van der Waals surface area contributed by atoms with Crippen molar-refractivity contribution in [2.45, 2.75) is 13.1 Å². The quantitative estimate of drug-likeness (QED) is 0.452. The van der Waals surface area contributed by atoms with Crippen molar-refractivity contribution >= 4 is 0 Å². The van der Waals surface area contributed by atoms with E-state index in [0.29, 0.717) is 0 Å². The molecule has 38 valence electrons. The smallest absolute Gasteiger partial charge is 0.0537 e. The minimum atomic E-state index is 0.185. The van der Waals surface area contributed by atoms with E-state index in [-0.39, 0.29) is 6.17 Å². The molecule has 0 aliphatic carbocycles. The molecule has 6 heavy (non-hydrogen) atoms. The van der Waals surface area contributed by atoms with Crippen molar-refractivity contribution in [3.05, 3.63) is 0 Å². The average Bonchev–Trinajstić information content (AvgIpc) is 1.36. The maximum absolute atomic E-state index is 5.36. The summed E-state index contributed by atoms with van der Waals surface area (Å²) in [6, 6.07) is 0. The second kappa shape index (κ2) is 2.16. The maximum Gasteiger partial charge on any atom is 0.0537 e. The summed E-state index contributed by atoms with van der Waals surface area (Å²) in [5, 5.41) is 0. The summed E-state index contributed by atoms with van der Waals surface area (Å²) >= 11 is 0. The molecule has 1 unspecified atom stereocenters. The molecule has 0 aromatic rings. The molecular formula is C4H12N2. The lowest BCUT2D eigenvalue weighted by Crippen LogP contribution is -2.32. The van der Waals surface area contributed by atoms with Gasteiger partial charge in [0.1, 0.15) is 0 Å². The summed E-state index contributed by atoms with van der Waals surface area (Å²) < 4.78 is 0. The van der Waals surface area contributed by atoms with Crippen molar-refractivity contribution in [1.82, 2.24) is 4.90 Å². The van der Waals surface area contributed by atoms with Gasteiger partial charge in [0.25, 0.3) is 0 Å². The molecule has 0 rings (SSSR count). The normalized spacial score (nSPS) is 15.5. The standard InChI is InChI=1S/C4H12N2/c1-4(5)6(2)3/h4H,5H2,1-3H3. The van der Waals surface area contributed by atoms with E-state index >= 15 is 0 Å². The van der Waals surface area contributed by atoms with Crippen LogP contribution in [0, 0.1) is 0 Å². The first-order valence-electron chi connectivity index (χ1n) is 2.06.